The molecule has 1 aliphatic heterocycles. The third-order valence-electron chi connectivity index (χ3n) is 6.05. The average molecular weight is 472 g/mol. The van der Waals surface area contributed by atoms with Crippen molar-refractivity contribution < 1.29 is 9.53 Å². The molecule has 0 spiro atoms. The molecular formula is C24H29N3O3S2. The van der Waals surface area contributed by atoms with Crippen LogP contribution in [0.2, 0.25) is 0 Å². The number of rotatable bonds is 7. The van der Waals surface area contributed by atoms with Crippen LogP contribution in [0.4, 0.5) is 5.69 Å². The number of nitrogens with zero attached hydrogens (tertiary/aromatic N) is 2. The van der Waals surface area contributed by atoms with Crippen molar-refractivity contribution in [3.8, 4) is 0 Å². The zero-order valence-electron chi connectivity index (χ0n) is 19.0. The number of ether oxygens (including phenoxy) is 1. The van der Waals surface area contributed by atoms with Crippen LogP contribution in [0.3, 0.4) is 0 Å². The zero-order valence-corrected chi connectivity index (χ0v) is 20.6. The summed E-state index contributed by atoms with van der Waals surface area (Å²) < 4.78 is 7.52. The largest absolute Gasteiger partial charge is 0.376 e. The molecular weight excluding hydrogens is 442 g/mol. The van der Waals surface area contributed by atoms with Crippen molar-refractivity contribution in [1.29, 1.82) is 0 Å². The molecule has 1 unspecified atom stereocenters. The van der Waals surface area contributed by atoms with Gasteiger partial charge in [-0.25, -0.2) is 4.98 Å². The zero-order chi connectivity index (χ0) is 22.8. The van der Waals surface area contributed by atoms with Crippen LogP contribution in [0, 0.1) is 20.8 Å². The normalized spacial score (nSPS) is 16.1. The smallest absolute Gasteiger partial charge is 0.263 e. The fourth-order valence-corrected chi connectivity index (χ4v) is 6.09. The Hall–Kier alpha value is -2.16. The molecule has 1 N–H and O–H groups in total. The highest BCUT2D eigenvalue weighted by Gasteiger charge is 2.23. The second-order valence-corrected chi connectivity index (χ2v) is 10.3. The number of amides is 1. The van der Waals surface area contributed by atoms with Crippen LogP contribution in [0.15, 0.2) is 28.2 Å². The summed E-state index contributed by atoms with van der Waals surface area (Å²) in [6.07, 6.45) is 2.76. The minimum atomic E-state index is -0.113. The third kappa shape index (κ3) is 4.63. The van der Waals surface area contributed by atoms with E-state index >= 15 is 0 Å². The van der Waals surface area contributed by atoms with Gasteiger partial charge in [0.05, 0.1) is 23.8 Å². The van der Waals surface area contributed by atoms with E-state index in [-0.39, 0.29) is 23.3 Å². The molecule has 0 aliphatic carbocycles. The molecule has 2 aromatic heterocycles. The number of nitrogens with one attached hydrogen (secondary N) is 1. The third-order valence-corrected chi connectivity index (χ3v) is 8.07. The summed E-state index contributed by atoms with van der Waals surface area (Å²) >= 11 is 2.86. The van der Waals surface area contributed by atoms with Gasteiger partial charge in [-0.3, -0.25) is 14.2 Å². The van der Waals surface area contributed by atoms with Crippen LogP contribution >= 0.6 is 23.1 Å². The van der Waals surface area contributed by atoms with Crippen molar-refractivity contribution in [3.63, 3.8) is 0 Å². The molecule has 3 heterocycles. The summed E-state index contributed by atoms with van der Waals surface area (Å²) in [6, 6.07) is 5.86. The van der Waals surface area contributed by atoms with Gasteiger partial charge in [-0.05, 0) is 62.8 Å². The fraction of sp³-hybridized carbons (Fsp3) is 0.458. The molecule has 170 valence electrons. The Morgan fingerprint density at radius 2 is 2.16 bits per heavy atom. The van der Waals surface area contributed by atoms with Gasteiger partial charge < -0.3 is 10.1 Å². The second-order valence-electron chi connectivity index (χ2n) is 8.20. The number of aromatic nitrogens is 2. The van der Waals surface area contributed by atoms with Crippen LogP contribution in [-0.2, 0) is 22.5 Å². The lowest BCUT2D eigenvalue weighted by Gasteiger charge is -2.16. The van der Waals surface area contributed by atoms with Crippen molar-refractivity contribution >= 4 is 44.9 Å². The summed E-state index contributed by atoms with van der Waals surface area (Å²) in [4.78, 5) is 32.9. The number of anilines is 1. The number of carbonyl (C=O) groups excluding carboxylic acids is 1. The van der Waals surface area contributed by atoms with E-state index in [4.69, 9.17) is 9.72 Å². The molecule has 1 aromatic carbocycles. The monoisotopic (exact) mass is 471 g/mol. The van der Waals surface area contributed by atoms with Gasteiger partial charge >= 0.3 is 0 Å². The molecule has 1 fully saturated rings. The number of thiophene rings is 1. The lowest BCUT2D eigenvalue weighted by Crippen LogP contribution is -2.29. The number of fused-ring (bicyclic) bond motifs is 1. The highest BCUT2D eigenvalue weighted by Crippen LogP contribution is 2.30. The number of benzene rings is 1. The Bertz CT molecular complexity index is 1210. The van der Waals surface area contributed by atoms with Gasteiger partial charge in [0.15, 0.2) is 5.16 Å². The number of hydrogen-bond donors (Lipinski definition) is 1. The van der Waals surface area contributed by atoms with E-state index in [0.29, 0.717) is 11.7 Å². The Labute approximate surface area is 196 Å². The Morgan fingerprint density at radius 3 is 2.88 bits per heavy atom. The van der Waals surface area contributed by atoms with Gasteiger partial charge in [-0.15, -0.1) is 11.3 Å². The van der Waals surface area contributed by atoms with E-state index < -0.39 is 0 Å². The first-order valence-electron chi connectivity index (χ1n) is 11.0. The molecule has 4 rings (SSSR count). The maximum Gasteiger partial charge on any atom is 0.263 e. The predicted octanol–water partition coefficient (Wildman–Crippen LogP) is 4.86. The van der Waals surface area contributed by atoms with Gasteiger partial charge in [0.25, 0.3) is 5.56 Å². The molecule has 32 heavy (non-hydrogen) atoms. The molecule has 1 aliphatic rings. The molecule has 0 saturated carbocycles. The SMILES string of the molecule is CCc1c(C)sc2nc(SCC(=O)Nc3cccc(C)c3C)n(CC3CCCO3)c(=O)c12. The summed E-state index contributed by atoms with van der Waals surface area (Å²) in [7, 11) is 0. The predicted molar refractivity (Wildman–Crippen MR) is 132 cm³/mol. The van der Waals surface area contributed by atoms with Gasteiger partial charge in [-0.1, -0.05) is 30.8 Å². The maximum atomic E-state index is 13.5. The summed E-state index contributed by atoms with van der Waals surface area (Å²) in [5, 5.41) is 4.29. The van der Waals surface area contributed by atoms with Crippen molar-refractivity contribution in [2.45, 2.75) is 64.8 Å². The van der Waals surface area contributed by atoms with Crippen molar-refractivity contribution in [2.75, 3.05) is 17.7 Å². The number of aryl methyl sites for hydroxylation is 3. The number of thioether (sulfide) groups is 1. The van der Waals surface area contributed by atoms with Crippen molar-refractivity contribution in [2.24, 2.45) is 0 Å². The molecule has 1 amide bonds. The molecule has 0 radical (unpaired) electrons. The van der Waals surface area contributed by atoms with E-state index in [2.05, 4.69) is 12.2 Å². The van der Waals surface area contributed by atoms with Gasteiger partial charge in [0.1, 0.15) is 4.83 Å². The van der Waals surface area contributed by atoms with Crippen molar-refractivity contribution in [3.05, 3.63) is 50.1 Å². The molecule has 3 aromatic rings. The Morgan fingerprint density at radius 1 is 1.34 bits per heavy atom. The van der Waals surface area contributed by atoms with Crippen LogP contribution in [0.1, 0.15) is 41.3 Å². The number of carbonyl (C=O) groups is 1. The lowest BCUT2D eigenvalue weighted by molar-refractivity contribution is -0.113. The summed E-state index contributed by atoms with van der Waals surface area (Å²) in [5.74, 6) is 0.0697. The van der Waals surface area contributed by atoms with Gasteiger partial charge in [0.2, 0.25) is 5.91 Å². The molecule has 0 bridgehead atoms. The highest BCUT2D eigenvalue weighted by molar-refractivity contribution is 7.99. The van der Waals surface area contributed by atoms with E-state index in [1.165, 1.54) is 11.8 Å². The second kappa shape index (κ2) is 9.77. The average Bonchev–Trinajstić information content (AvgIpc) is 3.39. The Kier molecular flexibility index (Phi) is 7.02. The lowest BCUT2D eigenvalue weighted by atomic mass is 10.1. The first-order valence-corrected chi connectivity index (χ1v) is 12.8. The van der Waals surface area contributed by atoms with E-state index in [1.54, 1.807) is 15.9 Å². The van der Waals surface area contributed by atoms with E-state index in [0.717, 1.165) is 63.3 Å². The standard InChI is InChI=1S/C24H29N3O3S2/c1-5-18-16(4)32-22-21(18)23(29)27(12-17-9-7-11-30-17)24(26-22)31-13-20(28)25-19-10-6-8-14(2)15(19)3/h6,8,10,17H,5,7,9,11-13H2,1-4H3,(H,25,28). The maximum absolute atomic E-state index is 13.5. The first kappa shape index (κ1) is 23.0. The topological polar surface area (TPSA) is 73.2 Å². The van der Waals surface area contributed by atoms with Crippen LogP contribution in [0.5, 0.6) is 0 Å². The molecule has 8 heteroatoms. The van der Waals surface area contributed by atoms with Crippen molar-refractivity contribution in [1.82, 2.24) is 9.55 Å². The van der Waals surface area contributed by atoms with Gasteiger partial charge in [-0.2, -0.15) is 0 Å². The van der Waals surface area contributed by atoms with Crippen LogP contribution < -0.4 is 10.9 Å². The molecule has 1 saturated heterocycles. The molecule has 1 atom stereocenters. The molecule has 6 nitrogen and oxygen atoms in total. The van der Waals surface area contributed by atoms with Crippen LogP contribution in [0.25, 0.3) is 10.2 Å². The first-order chi connectivity index (χ1) is 15.4. The highest BCUT2D eigenvalue weighted by atomic mass is 32.2. The summed E-state index contributed by atoms with van der Waals surface area (Å²) in [6.45, 7) is 9.33. The van der Waals surface area contributed by atoms with E-state index in [1.807, 2.05) is 39.0 Å². The minimum absolute atomic E-state index is 0.0138. The number of hydrogen-bond acceptors (Lipinski definition) is 6. The Balaban J connectivity index is 1.62. The van der Waals surface area contributed by atoms with E-state index in [9.17, 15) is 9.59 Å². The summed E-state index contributed by atoms with van der Waals surface area (Å²) in [5.41, 5.74) is 4.06. The van der Waals surface area contributed by atoms with Crippen LogP contribution in [-0.4, -0.2) is 33.9 Å². The minimum Gasteiger partial charge on any atom is -0.376 e. The van der Waals surface area contributed by atoms with Gasteiger partial charge in [0, 0.05) is 17.2 Å². The quantitative estimate of drug-likeness (QED) is 0.394. The fourth-order valence-electron chi connectivity index (χ4n) is 4.12.